The number of rotatable bonds is 0. The predicted octanol–water partition coefficient (Wildman–Crippen LogP) is 1.58. The van der Waals surface area contributed by atoms with E-state index in [4.69, 9.17) is 11.2 Å². The van der Waals surface area contributed by atoms with Crippen molar-refractivity contribution in [3.8, 4) is 12.3 Å². The van der Waals surface area contributed by atoms with Crippen LogP contribution in [0.25, 0.3) is 0 Å². The average Bonchev–Trinajstić information content (AvgIpc) is 2.65. The van der Waals surface area contributed by atoms with Crippen molar-refractivity contribution in [2.45, 2.75) is 37.9 Å². The smallest absolute Gasteiger partial charge is 0.157 e. The molecule has 0 aromatic rings. The molecule has 0 amide bonds. The summed E-state index contributed by atoms with van der Waals surface area (Å²) >= 11 is 0. The molecule has 1 saturated carbocycles. The van der Waals surface area contributed by atoms with Crippen LogP contribution in [0.1, 0.15) is 26.2 Å². The van der Waals surface area contributed by atoms with Gasteiger partial charge in [-0.3, -0.25) is 0 Å². The molecule has 0 aromatic carbocycles. The first-order valence-electron chi connectivity index (χ1n) is 3.95. The SMILES string of the molecule is C#C[C@]12O[C@H]1CCC[C@@H]2C. The summed E-state index contributed by atoms with van der Waals surface area (Å²) in [5.41, 5.74) is -0.127. The van der Waals surface area contributed by atoms with Crippen LogP contribution in [0.3, 0.4) is 0 Å². The molecule has 2 aliphatic rings. The fourth-order valence-electron chi connectivity index (χ4n) is 2.00. The van der Waals surface area contributed by atoms with Gasteiger partial charge >= 0.3 is 0 Å². The van der Waals surface area contributed by atoms with Crippen molar-refractivity contribution in [1.29, 1.82) is 0 Å². The lowest BCUT2D eigenvalue weighted by molar-refractivity contribution is 0.280. The lowest BCUT2D eigenvalue weighted by atomic mass is 9.81. The molecule has 0 unspecified atom stereocenters. The first kappa shape index (κ1) is 6.24. The highest BCUT2D eigenvalue weighted by Gasteiger charge is 2.60. The molecule has 0 bridgehead atoms. The molecule has 1 aliphatic heterocycles. The van der Waals surface area contributed by atoms with E-state index in [1.165, 1.54) is 19.3 Å². The van der Waals surface area contributed by atoms with E-state index in [0.29, 0.717) is 12.0 Å². The predicted molar refractivity (Wildman–Crippen MR) is 39.5 cm³/mol. The molecule has 1 saturated heterocycles. The number of epoxide rings is 1. The third-order valence-electron chi connectivity index (χ3n) is 2.82. The van der Waals surface area contributed by atoms with Crippen LogP contribution < -0.4 is 0 Å². The van der Waals surface area contributed by atoms with Crippen LogP contribution in [0.4, 0.5) is 0 Å². The van der Waals surface area contributed by atoms with Crippen LogP contribution in [-0.2, 0) is 4.74 Å². The quantitative estimate of drug-likeness (QED) is 0.364. The Labute approximate surface area is 61.8 Å². The van der Waals surface area contributed by atoms with Gasteiger partial charge in [0.2, 0.25) is 0 Å². The van der Waals surface area contributed by atoms with Gasteiger partial charge in [-0.2, -0.15) is 0 Å². The van der Waals surface area contributed by atoms with Crippen LogP contribution in [-0.4, -0.2) is 11.7 Å². The lowest BCUT2D eigenvalue weighted by Gasteiger charge is -2.19. The van der Waals surface area contributed by atoms with Gasteiger partial charge in [0.05, 0.1) is 0 Å². The molecule has 0 N–H and O–H groups in total. The molecule has 0 spiro atoms. The van der Waals surface area contributed by atoms with Gasteiger partial charge in [0.15, 0.2) is 5.60 Å². The minimum atomic E-state index is -0.127. The van der Waals surface area contributed by atoms with Gasteiger partial charge in [-0.05, 0) is 18.8 Å². The lowest BCUT2D eigenvalue weighted by Crippen LogP contribution is -2.26. The van der Waals surface area contributed by atoms with E-state index in [0.717, 1.165) is 0 Å². The molecule has 0 radical (unpaired) electrons. The second-order valence-electron chi connectivity index (χ2n) is 3.38. The van der Waals surface area contributed by atoms with Crippen LogP contribution in [0, 0.1) is 18.3 Å². The van der Waals surface area contributed by atoms with Gasteiger partial charge in [-0.25, -0.2) is 0 Å². The maximum atomic E-state index is 5.49. The first-order chi connectivity index (χ1) is 4.79. The topological polar surface area (TPSA) is 12.5 Å². The standard InChI is InChI=1S/C9H12O/c1-3-9-7(2)5-4-6-8(9)10-9/h1,7-8H,4-6H2,2H3/t7-,8-,9+/m0/s1. The first-order valence-corrected chi connectivity index (χ1v) is 3.95. The third-order valence-corrected chi connectivity index (χ3v) is 2.82. The van der Waals surface area contributed by atoms with E-state index >= 15 is 0 Å². The number of fused-ring (bicyclic) bond motifs is 1. The normalized spacial score (nSPS) is 51.2. The van der Waals surface area contributed by atoms with Crippen molar-refractivity contribution in [3.63, 3.8) is 0 Å². The second kappa shape index (κ2) is 1.77. The highest BCUT2D eigenvalue weighted by Crippen LogP contribution is 2.50. The summed E-state index contributed by atoms with van der Waals surface area (Å²) in [6.07, 6.45) is 9.50. The molecule has 1 nitrogen and oxygen atoms in total. The zero-order valence-corrected chi connectivity index (χ0v) is 6.26. The van der Waals surface area contributed by atoms with E-state index in [1.807, 2.05) is 0 Å². The van der Waals surface area contributed by atoms with Crippen LogP contribution in [0.15, 0.2) is 0 Å². The highest BCUT2D eigenvalue weighted by molar-refractivity contribution is 5.25. The van der Waals surface area contributed by atoms with Gasteiger partial charge in [-0.1, -0.05) is 19.3 Å². The zero-order chi connectivity index (χ0) is 7.19. The largest absolute Gasteiger partial charge is 0.352 e. The van der Waals surface area contributed by atoms with Crippen LogP contribution in [0.2, 0.25) is 0 Å². The Morgan fingerprint density at radius 1 is 1.60 bits per heavy atom. The third kappa shape index (κ3) is 0.578. The molecule has 2 rings (SSSR count). The maximum absolute atomic E-state index is 5.49. The van der Waals surface area contributed by atoms with Gasteiger partial charge in [0.1, 0.15) is 6.10 Å². The number of terminal acetylenes is 1. The molecule has 1 heterocycles. The molecular weight excluding hydrogens is 124 g/mol. The Bertz CT molecular complexity index is 191. The van der Waals surface area contributed by atoms with Crippen LogP contribution >= 0.6 is 0 Å². The summed E-state index contributed by atoms with van der Waals surface area (Å²) in [6, 6.07) is 0. The van der Waals surface area contributed by atoms with Gasteiger partial charge in [0, 0.05) is 0 Å². The van der Waals surface area contributed by atoms with E-state index in [1.54, 1.807) is 0 Å². The Hall–Kier alpha value is -0.480. The number of ether oxygens (including phenoxy) is 1. The summed E-state index contributed by atoms with van der Waals surface area (Å²) < 4.78 is 5.49. The van der Waals surface area contributed by atoms with Crippen molar-refractivity contribution in [1.82, 2.24) is 0 Å². The minimum Gasteiger partial charge on any atom is -0.352 e. The van der Waals surface area contributed by atoms with E-state index in [2.05, 4.69) is 12.8 Å². The molecule has 54 valence electrons. The Kier molecular flexibility index (Phi) is 1.10. The molecule has 3 atom stereocenters. The van der Waals surface area contributed by atoms with E-state index in [9.17, 15) is 0 Å². The van der Waals surface area contributed by atoms with Gasteiger partial charge in [-0.15, -0.1) is 6.42 Å². The number of hydrogen-bond donors (Lipinski definition) is 0. The monoisotopic (exact) mass is 136 g/mol. The Morgan fingerprint density at radius 3 is 2.90 bits per heavy atom. The molecule has 1 heteroatoms. The molecule has 2 fully saturated rings. The van der Waals surface area contributed by atoms with Crippen molar-refractivity contribution < 1.29 is 4.74 Å². The van der Waals surface area contributed by atoms with Crippen molar-refractivity contribution >= 4 is 0 Å². The average molecular weight is 136 g/mol. The highest BCUT2D eigenvalue weighted by atomic mass is 16.6. The molecule has 0 aromatic heterocycles. The molecular formula is C9H12O. The minimum absolute atomic E-state index is 0.127. The second-order valence-corrected chi connectivity index (χ2v) is 3.38. The fourth-order valence-corrected chi connectivity index (χ4v) is 2.00. The molecule has 10 heavy (non-hydrogen) atoms. The summed E-state index contributed by atoms with van der Waals surface area (Å²) in [5.74, 6) is 3.36. The fraction of sp³-hybridized carbons (Fsp3) is 0.778. The molecule has 1 aliphatic carbocycles. The zero-order valence-electron chi connectivity index (χ0n) is 6.26. The van der Waals surface area contributed by atoms with Crippen LogP contribution in [0.5, 0.6) is 0 Å². The van der Waals surface area contributed by atoms with Crippen molar-refractivity contribution in [2.75, 3.05) is 0 Å². The van der Waals surface area contributed by atoms with Gasteiger partial charge in [0.25, 0.3) is 0 Å². The number of hydrogen-bond acceptors (Lipinski definition) is 1. The Balaban J connectivity index is 2.19. The Morgan fingerprint density at radius 2 is 2.40 bits per heavy atom. The summed E-state index contributed by atoms with van der Waals surface area (Å²) in [5, 5.41) is 0. The summed E-state index contributed by atoms with van der Waals surface area (Å²) in [6.45, 7) is 2.19. The van der Waals surface area contributed by atoms with Crippen molar-refractivity contribution in [2.24, 2.45) is 5.92 Å². The van der Waals surface area contributed by atoms with E-state index < -0.39 is 0 Å². The van der Waals surface area contributed by atoms with E-state index in [-0.39, 0.29) is 5.60 Å². The van der Waals surface area contributed by atoms with Gasteiger partial charge < -0.3 is 4.74 Å². The summed E-state index contributed by atoms with van der Waals surface area (Å²) in [7, 11) is 0. The maximum Gasteiger partial charge on any atom is 0.157 e. The summed E-state index contributed by atoms with van der Waals surface area (Å²) in [4.78, 5) is 0. The van der Waals surface area contributed by atoms with Crippen molar-refractivity contribution in [3.05, 3.63) is 0 Å².